The molecule has 7 nitrogen and oxygen atoms in total. The molecule has 1 unspecified atom stereocenters. The molecule has 0 amide bonds. The molecule has 1 saturated heterocycles. The summed E-state index contributed by atoms with van der Waals surface area (Å²) in [7, 11) is 0. The standard InChI is InChI=1S/C23H21FN4O3/c1-15-21(22(27-31-15)17-5-3-2-4-6-17)23-26-25-20(30-23)14-28-11-12-29-19(13-28)16-7-9-18(24)10-8-16/h2-10,19H,11-14H2,1H3. The van der Waals surface area contributed by atoms with Gasteiger partial charge in [0.05, 0.1) is 19.3 Å². The molecule has 3 heterocycles. The summed E-state index contributed by atoms with van der Waals surface area (Å²) in [5.41, 5.74) is 3.25. The van der Waals surface area contributed by atoms with Crippen LogP contribution in [0.5, 0.6) is 0 Å². The predicted octanol–water partition coefficient (Wildman–Crippen LogP) is 4.41. The third-order valence-electron chi connectivity index (χ3n) is 5.34. The van der Waals surface area contributed by atoms with Crippen LogP contribution in [0.2, 0.25) is 0 Å². The van der Waals surface area contributed by atoms with Crippen LogP contribution in [0.3, 0.4) is 0 Å². The van der Waals surface area contributed by atoms with Crippen molar-refractivity contribution in [3.63, 3.8) is 0 Å². The number of rotatable bonds is 5. The fourth-order valence-corrected chi connectivity index (χ4v) is 3.75. The second kappa shape index (κ2) is 8.41. The summed E-state index contributed by atoms with van der Waals surface area (Å²) in [6, 6.07) is 16.2. The lowest BCUT2D eigenvalue weighted by atomic mass is 10.1. The molecule has 0 N–H and O–H groups in total. The van der Waals surface area contributed by atoms with Gasteiger partial charge in [-0.3, -0.25) is 4.90 Å². The van der Waals surface area contributed by atoms with Crippen molar-refractivity contribution >= 4 is 0 Å². The number of hydrogen-bond donors (Lipinski definition) is 0. The van der Waals surface area contributed by atoms with E-state index in [1.807, 2.05) is 37.3 Å². The molecule has 0 bridgehead atoms. The van der Waals surface area contributed by atoms with E-state index < -0.39 is 0 Å². The van der Waals surface area contributed by atoms with E-state index in [9.17, 15) is 4.39 Å². The Hall–Kier alpha value is -3.36. The number of nitrogens with zero attached hydrogens (tertiary/aromatic N) is 4. The molecule has 1 aliphatic heterocycles. The Bertz CT molecular complexity index is 1160. The zero-order valence-electron chi connectivity index (χ0n) is 17.0. The molecule has 8 heteroatoms. The van der Waals surface area contributed by atoms with Gasteiger partial charge in [0.1, 0.15) is 22.8 Å². The topological polar surface area (TPSA) is 77.4 Å². The maximum absolute atomic E-state index is 13.2. The Kier molecular flexibility index (Phi) is 5.31. The number of benzene rings is 2. The number of hydrogen-bond acceptors (Lipinski definition) is 7. The first-order chi connectivity index (χ1) is 15.2. The molecule has 31 heavy (non-hydrogen) atoms. The van der Waals surface area contributed by atoms with E-state index in [-0.39, 0.29) is 11.9 Å². The summed E-state index contributed by atoms with van der Waals surface area (Å²) in [5, 5.41) is 12.7. The first kappa shape index (κ1) is 19.6. The van der Waals surface area contributed by atoms with Crippen LogP contribution in [-0.2, 0) is 11.3 Å². The number of ether oxygens (including phenoxy) is 1. The molecule has 0 aliphatic carbocycles. The van der Waals surface area contributed by atoms with Crippen molar-refractivity contribution in [2.75, 3.05) is 19.7 Å². The first-order valence-corrected chi connectivity index (χ1v) is 10.1. The average molecular weight is 420 g/mol. The third-order valence-corrected chi connectivity index (χ3v) is 5.34. The van der Waals surface area contributed by atoms with Gasteiger partial charge in [-0.1, -0.05) is 47.6 Å². The van der Waals surface area contributed by atoms with Crippen molar-refractivity contribution in [3.8, 4) is 22.7 Å². The quantitative estimate of drug-likeness (QED) is 0.473. The summed E-state index contributed by atoms with van der Waals surface area (Å²) in [6.07, 6.45) is -0.123. The maximum atomic E-state index is 13.2. The Morgan fingerprint density at radius 1 is 1.06 bits per heavy atom. The maximum Gasteiger partial charge on any atom is 0.253 e. The van der Waals surface area contributed by atoms with Crippen molar-refractivity contribution in [1.29, 1.82) is 0 Å². The molecular weight excluding hydrogens is 399 g/mol. The zero-order valence-corrected chi connectivity index (χ0v) is 17.0. The van der Waals surface area contributed by atoms with Gasteiger partial charge in [0.25, 0.3) is 5.89 Å². The SMILES string of the molecule is Cc1onc(-c2ccccc2)c1-c1nnc(CN2CCOC(c3ccc(F)cc3)C2)o1. The van der Waals surface area contributed by atoms with Crippen molar-refractivity contribution in [2.45, 2.75) is 19.6 Å². The molecular formula is C23H21FN4O3. The van der Waals surface area contributed by atoms with Gasteiger partial charge >= 0.3 is 0 Å². The van der Waals surface area contributed by atoms with Gasteiger partial charge in [-0.05, 0) is 24.6 Å². The minimum absolute atomic E-state index is 0.123. The van der Waals surface area contributed by atoms with Crippen molar-refractivity contribution in [1.82, 2.24) is 20.3 Å². The zero-order chi connectivity index (χ0) is 21.2. The van der Waals surface area contributed by atoms with Gasteiger partial charge in [-0.15, -0.1) is 10.2 Å². The lowest BCUT2D eigenvalue weighted by molar-refractivity contribution is -0.0351. The lowest BCUT2D eigenvalue weighted by Gasteiger charge is -2.32. The first-order valence-electron chi connectivity index (χ1n) is 10.1. The number of aromatic nitrogens is 3. The van der Waals surface area contributed by atoms with Crippen LogP contribution >= 0.6 is 0 Å². The van der Waals surface area contributed by atoms with Crippen molar-refractivity contribution in [3.05, 3.63) is 77.6 Å². The highest BCUT2D eigenvalue weighted by molar-refractivity contribution is 5.77. The van der Waals surface area contributed by atoms with Crippen LogP contribution in [0.15, 0.2) is 63.5 Å². The Morgan fingerprint density at radius 2 is 1.87 bits per heavy atom. The van der Waals surface area contributed by atoms with Gasteiger partial charge in [0.15, 0.2) is 0 Å². The number of aryl methyl sites for hydroxylation is 1. The van der Waals surface area contributed by atoms with Crippen LogP contribution in [0, 0.1) is 12.7 Å². The van der Waals surface area contributed by atoms with Crippen LogP contribution in [-0.4, -0.2) is 40.0 Å². The smallest absolute Gasteiger partial charge is 0.253 e. The molecule has 0 radical (unpaired) electrons. The fraction of sp³-hybridized carbons (Fsp3) is 0.261. The minimum atomic E-state index is -0.256. The number of halogens is 1. The summed E-state index contributed by atoms with van der Waals surface area (Å²) in [6.45, 7) is 4.31. The van der Waals surface area contributed by atoms with Gasteiger partial charge in [0, 0.05) is 18.7 Å². The molecule has 158 valence electrons. The largest absolute Gasteiger partial charge is 0.419 e. The molecule has 4 aromatic rings. The Morgan fingerprint density at radius 3 is 2.68 bits per heavy atom. The van der Waals surface area contributed by atoms with Crippen LogP contribution < -0.4 is 0 Å². The molecule has 1 aliphatic rings. The van der Waals surface area contributed by atoms with E-state index in [0.29, 0.717) is 48.5 Å². The summed E-state index contributed by atoms with van der Waals surface area (Å²) >= 11 is 0. The fourth-order valence-electron chi connectivity index (χ4n) is 3.75. The second-order valence-electron chi connectivity index (χ2n) is 7.48. The van der Waals surface area contributed by atoms with Gasteiger partial charge in [-0.25, -0.2) is 4.39 Å². The summed E-state index contributed by atoms with van der Waals surface area (Å²) in [4.78, 5) is 2.19. The highest BCUT2D eigenvalue weighted by atomic mass is 19.1. The highest BCUT2D eigenvalue weighted by Gasteiger charge is 2.25. The average Bonchev–Trinajstić information content (AvgIpc) is 3.41. The molecule has 5 rings (SSSR count). The molecule has 1 atom stereocenters. The third kappa shape index (κ3) is 4.12. The lowest BCUT2D eigenvalue weighted by Crippen LogP contribution is -2.37. The van der Waals surface area contributed by atoms with E-state index in [2.05, 4.69) is 20.3 Å². The molecule has 2 aromatic heterocycles. The van der Waals surface area contributed by atoms with Crippen molar-refractivity contribution in [2.24, 2.45) is 0 Å². The second-order valence-corrected chi connectivity index (χ2v) is 7.48. The molecule has 0 saturated carbocycles. The molecule has 1 fully saturated rings. The van der Waals surface area contributed by atoms with E-state index in [1.54, 1.807) is 12.1 Å². The Labute approximate surface area is 178 Å². The monoisotopic (exact) mass is 420 g/mol. The predicted molar refractivity (Wildman–Crippen MR) is 110 cm³/mol. The van der Waals surface area contributed by atoms with Gasteiger partial charge in [0.2, 0.25) is 5.89 Å². The van der Waals surface area contributed by atoms with Gasteiger partial charge < -0.3 is 13.7 Å². The number of morpholine rings is 1. The normalized spacial score (nSPS) is 17.2. The van der Waals surface area contributed by atoms with E-state index in [0.717, 1.165) is 17.7 Å². The highest BCUT2D eigenvalue weighted by Crippen LogP contribution is 2.33. The van der Waals surface area contributed by atoms with E-state index in [4.69, 9.17) is 13.7 Å². The van der Waals surface area contributed by atoms with Crippen LogP contribution in [0.25, 0.3) is 22.7 Å². The van der Waals surface area contributed by atoms with Gasteiger partial charge in [-0.2, -0.15) is 0 Å². The van der Waals surface area contributed by atoms with Crippen LogP contribution in [0.1, 0.15) is 23.3 Å². The summed E-state index contributed by atoms with van der Waals surface area (Å²) in [5.74, 6) is 1.26. The van der Waals surface area contributed by atoms with E-state index >= 15 is 0 Å². The van der Waals surface area contributed by atoms with E-state index in [1.165, 1.54) is 12.1 Å². The van der Waals surface area contributed by atoms with Crippen molar-refractivity contribution < 1.29 is 18.1 Å². The van der Waals surface area contributed by atoms with Crippen LogP contribution in [0.4, 0.5) is 4.39 Å². The molecule has 2 aromatic carbocycles. The minimum Gasteiger partial charge on any atom is -0.419 e. The Balaban J connectivity index is 1.33. The molecule has 0 spiro atoms. The summed E-state index contributed by atoms with van der Waals surface area (Å²) < 4.78 is 30.5.